The molecule has 2 heterocycles. The summed E-state index contributed by atoms with van der Waals surface area (Å²) in [5, 5.41) is 14.8. The number of hydrogen-bond donors (Lipinski definition) is 2. The zero-order chi connectivity index (χ0) is 21.5. The van der Waals surface area contributed by atoms with E-state index in [1.165, 1.54) is 0 Å². The van der Waals surface area contributed by atoms with Gasteiger partial charge in [-0.15, -0.1) is 0 Å². The Morgan fingerprint density at radius 2 is 1.77 bits per heavy atom. The molecule has 0 fully saturated rings. The van der Waals surface area contributed by atoms with Gasteiger partial charge in [0.1, 0.15) is 5.82 Å². The van der Waals surface area contributed by atoms with Gasteiger partial charge in [0.2, 0.25) is 5.43 Å². The second kappa shape index (κ2) is 7.26. The van der Waals surface area contributed by atoms with Crippen LogP contribution in [0.1, 0.15) is 42.5 Å². The van der Waals surface area contributed by atoms with Crippen molar-refractivity contribution in [3.8, 4) is 5.69 Å². The smallest absolute Gasteiger partial charge is 0.281 e. The summed E-state index contributed by atoms with van der Waals surface area (Å²) in [5.74, 6) is -0.106. The Morgan fingerprint density at radius 3 is 2.50 bits per heavy atom. The van der Waals surface area contributed by atoms with Gasteiger partial charge >= 0.3 is 0 Å². The maximum atomic E-state index is 13.0. The molecular weight excluding hydrogens is 378 g/mol. The zero-order valence-electron chi connectivity index (χ0n) is 17.4. The maximum absolute atomic E-state index is 13.0. The molecule has 2 aromatic carbocycles. The van der Waals surface area contributed by atoms with Crippen molar-refractivity contribution in [3.05, 3.63) is 81.8 Å². The molecular formula is C23H23N5O2. The lowest BCUT2D eigenvalue weighted by Crippen LogP contribution is -2.25. The van der Waals surface area contributed by atoms with Crippen LogP contribution in [-0.4, -0.2) is 25.9 Å². The number of anilines is 1. The molecule has 4 aromatic rings. The largest absolute Gasteiger partial charge is 0.305 e. The monoisotopic (exact) mass is 401 g/mol. The summed E-state index contributed by atoms with van der Waals surface area (Å²) >= 11 is 0. The van der Waals surface area contributed by atoms with Crippen LogP contribution < -0.4 is 10.7 Å². The topological polar surface area (TPSA) is 92.7 Å². The molecule has 7 heteroatoms. The minimum Gasteiger partial charge on any atom is -0.305 e. The summed E-state index contributed by atoms with van der Waals surface area (Å²) in [6, 6.07) is 16.6. The van der Waals surface area contributed by atoms with Gasteiger partial charge in [0.15, 0.2) is 5.69 Å². The first-order valence-corrected chi connectivity index (χ1v) is 9.71. The fourth-order valence-corrected chi connectivity index (χ4v) is 3.22. The van der Waals surface area contributed by atoms with Crippen molar-refractivity contribution in [2.75, 3.05) is 5.32 Å². The van der Waals surface area contributed by atoms with Crippen LogP contribution in [0, 0.1) is 6.92 Å². The van der Waals surface area contributed by atoms with E-state index in [0.29, 0.717) is 16.7 Å². The molecule has 0 spiro atoms. The van der Waals surface area contributed by atoms with E-state index >= 15 is 0 Å². The molecule has 2 N–H and O–H groups in total. The van der Waals surface area contributed by atoms with Crippen molar-refractivity contribution in [1.82, 2.24) is 20.0 Å². The lowest BCUT2D eigenvalue weighted by Gasteiger charge is -2.14. The standard InChI is InChI=1S/C23H23N5O2/c1-14-9-5-8-12-17(14)28-19(13-18(27-28)23(2,3)4)24-22(30)20-21(29)15-10-6-7-11-16(15)25-26-20/h5-13H,1-4H3,(H,24,30)(H,25,29). The number of nitrogens with one attached hydrogen (secondary N) is 2. The number of aromatic nitrogens is 4. The van der Waals surface area contributed by atoms with E-state index in [1.807, 2.05) is 37.3 Å². The number of aryl methyl sites for hydroxylation is 1. The van der Waals surface area contributed by atoms with Gasteiger partial charge in [0.05, 0.1) is 16.9 Å². The van der Waals surface area contributed by atoms with Crippen molar-refractivity contribution < 1.29 is 4.79 Å². The van der Waals surface area contributed by atoms with Gasteiger partial charge in [0, 0.05) is 16.9 Å². The van der Waals surface area contributed by atoms with E-state index in [0.717, 1.165) is 16.9 Å². The highest BCUT2D eigenvalue weighted by molar-refractivity contribution is 6.04. The SMILES string of the molecule is Cc1ccccc1-n1nc(C(C)(C)C)cc1NC(=O)c1n[nH]c2ccccc2c1=O. The van der Waals surface area contributed by atoms with Gasteiger partial charge in [-0.2, -0.15) is 10.2 Å². The molecule has 0 aliphatic rings. The van der Waals surface area contributed by atoms with Crippen molar-refractivity contribution in [2.45, 2.75) is 33.1 Å². The Morgan fingerprint density at radius 1 is 1.07 bits per heavy atom. The quantitative estimate of drug-likeness (QED) is 0.543. The van der Waals surface area contributed by atoms with Crippen molar-refractivity contribution in [3.63, 3.8) is 0 Å². The van der Waals surface area contributed by atoms with Crippen LogP contribution in [0.4, 0.5) is 5.82 Å². The molecule has 0 atom stereocenters. The lowest BCUT2D eigenvalue weighted by atomic mass is 9.92. The number of nitrogens with zero attached hydrogens (tertiary/aromatic N) is 3. The van der Waals surface area contributed by atoms with Crippen LogP contribution in [0.25, 0.3) is 16.6 Å². The first-order valence-electron chi connectivity index (χ1n) is 9.71. The summed E-state index contributed by atoms with van der Waals surface area (Å²) in [5.41, 5.74) is 2.44. The Bertz CT molecular complexity index is 1310. The van der Waals surface area contributed by atoms with Crippen molar-refractivity contribution >= 4 is 22.6 Å². The number of H-pyrrole nitrogens is 1. The molecule has 0 radical (unpaired) electrons. The van der Waals surface area contributed by atoms with Crippen LogP contribution in [0.5, 0.6) is 0 Å². The molecule has 0 saturated heterocycles. The van der Waals surface area contributed by atoms with Crippen LogP contribution in [0.2, 0.25) is 0 Å². The van der Waals surface area contributed by atoms with Crippen LogP contribution in [0.15, 0.2) is 59.4 Å². The highest BCUT2D eigenvalue weighted by atomic mass is 16.2. The first kappa shape index (κ1) is 19.6. The van der Waals surface area contributed by atoms with E-state index in [1.54, 1.807) is 28.9 Å². The summed E-state index contributed by atoms with van der Waals surface area (Å²) in [6.45, 7) is 8.14. The molecule has 7 nitrogen and oxygen atoms in total. The van der Waals surface area contributed by atoms with E-state index < -0.39 is 11.3 Å². The van der Waals surface area contributed by atoms with Gasteiger partial charge in [-0.3, -0.25) is 14.7 Å². The van der Waals surface area contributed by atoms with Gasteiger partial charge in [-0.05, 0) is 30.7 Å². The number of fused-ring (bicyclic) bond motifs is 1. The third kappa shape index (κ3) is 3.50. The third-order valence-corrected chi connectivity index (χ3v) is 4.95. The molecule has 30 heavy (non-hydrogen) atoms. The average Bonchev–Trinajstić information content (AvgIpc) is 3.13. The second-order valence-corrected chi connectivity index (χ2v) is 8.26. The zero-order valence-corrected chi connectivity index (χ0v) is 17.4. The Hall–Kier alpha value is -3.74. The Kier molecular flexibility index (Phi) is 4.73. The number of para-hydroxylation sites is 2. The number of amides is 1. The molecule has 152 valence electrons. The summed E-state index contributed by atoms with van der Waals surface area (Å²) < 4.78 is 1.70. The highest BCUT2D eigenvalue weighted by Gasteiger charge is 2.23. The molecule has 2 aromatic heterocycles. The van der Waals surface area contributed by atoms with E-state index in [9.17, 15) is 9.59 Å². The fourth-order valence-electron chi connectivity index (χ4n) is 3.22. The Labute approximate surface area is 173 Å². The van der Waals surface area contributed by atoms with Gasteiger partial charge < -0.3 is 5.32 Å². The number of hydrogen-bond acceptors (Lipinski definition) is 4. The lowest BCUT2D eigenvalue weighted by molar-refractivity contribution is 0.101. The number of aromatic amines is 1. The number of carbonyl (C=O) groups excluding carboxylic acids is 1. The average molecular weight is 401 g/mol. The summed E-state index contributed by atoms with van der Waals surface area (Å²) in [4.78, 5) is 25.7. The van der Waals surface area contributed by atoms with Crippen molar-refractivity contribution in [1.29, 1.82) is 0 Å². The molecule has 0 saturated carbocycles. The van der Waals surface area contributed by atoms with Crippen molar-refractivity contribution in [2.24, 2.45) is 0 Å². The van der Waals surface area contributed by atoms with Crippen LogP contribution in [-0.2, 0) is 5.41 Å². The minimum atomic E-state index is -0.586. The molecule has 0 unspecified atom stereocenters. The van der Waals surface area contributed by atoms with Crippen LogP contribution in [0.3, 0.4) is 0 Å². The summed E-state index contributed by atoms with van der Waals surface area (Å²) in [6.07, 6.45) is 0. The number of benzene rings is 2. The first-order chi connectivity index (χ1) is 14.3. The number of rotatable bonds is 3. The van der Waals surface area contributed by atoms with Gasteiger partial charge in [-0.25, -0.2) is 4.68 Å². The normalized spacial score (nSPS) is 11.6. The van der Waals surface area contributed by atoms with Crippen LogP contribution >= 0.6 is 0 Å². The molecule has 0 aliphatic carbocycles. The van der Waals surface area contributed by atoms with Gasteiger partial charge in [-0.1, -0.05) is 51.1 Å². The fraction of sp³-hybridized carbons (Fsp3) is 0.217. The highest BCUT2D eigenvalue weighted by Crippen LogP contribution is 2.27. The Balaban J connectivity index is 1.79. The molecule has 0 aliphatic heterocycles. The van der Waals surface area contributed by atoms with E-state index in [-0.39, 0.29) is 11.1 Å². The molecule has 0 bridgehead atoms. The predicted octanol–water partition coefficient (Wildman–Crippen LogP) is 3.97. The number of carbonyl (C=O) groups is 1. The molecule has 1 amide bonds. The summed E-state index contributed by atoms with van der Waals surface area (Å²) in [7, 11) is 0. The van der Waals surface area contributed by atoms with Gasteiger partial charge in [0.25, 0.3) is 5.91 Å². The van der Waals surface area contributed by atoms with E-state index in [2.05, 4.69) is 36.3 Å². The molecule has 4 rings (SSSR count). The third-order valence-electron chi connectivity index (χ3n) is 4.95. The van der Waals surface area contributed by atoms with E-state index in [4.69, 9.17) is 5.10 Å². The maximum Gasteiger partial charge on any atom is 0.281 e. The predicted molar refractivity (Wildman–Crippen MR) is 117 cm³/mol. The minimum absolute atomic E-state index is 0.191. The second-order valence-electron chi connectivity index (χ2n) is 8.26.